The van der Waals surface area contributed by atoms with Crippen molar-refractivity contribution in [2.75, 3.05) is 7.05 Å². The molecule has 0 spiro atoms. The highest BCUT2D eigenvalue weighted by molar-refractivity contribution is 5.45. The normalized spacial score (nSPS) is 27.5. The van der Waals surface area contributed by atoms with Gasteiger partial charge in [0.05, 0.1) is 0 Å². The van der Waals surface area contributed by atoms with E-state index in [4.69, 9.17) is 4.74 Å². The standard InChI is InChI=1S/C15H23NO/c1-6-15(4)9-13(16-5)12-7-10(2)11(3)8-14(12)17-15/h7-8,13,16H,6,9H2,1-5H3. The van der Waals surface area contributed by atoms with Crippen molar-refractivity contribution in [2.45, 2.75) is 52.2 Å². The first kappa shape index (κ1) is 12.4. The van der Waals surface area contributed by atoms with Crippen molar-refractivity contribution < 1.29 is 4.74 Å². The Kier molecular flexibility index (Phi) is 3.17. The molecular formula is C15H23NO. The van der Waals surface area contributed by atoms with E-state index in [1.54, 1.807) is 0 Å². The van der Waals surface area contributed by atoms with Crippen LogP contribution in [0.25, 0.3) is 0 Å². The number of hydrogen-bond donors (Lipinski definition) is 1. The Morgan fingerprint density at radius 3 is 2.59 bits per heavy atom. The Morgan fingerprint density at radius 1 is 1.35 bits per heavy atom. The van der Waals surface area contributed by atoms with E-state index in [0.29, 0.717) is 6.04 Å². The van der Waals surface area contributed by atoms with Gasteiger partial charge in [0, 0.05) is 18.0 Å². The zero-order valence-corrected chi connectivity index (χ0v) is 11.6. The van der Waals surface area contributed by atoms with Gasteiger partial charge < -0.3 is 10.1 Å². The van der Waals surface area contributed by atoms with Gasteiger partial charge in [-0.1, -0.05) is 13.0 Å². The first-order chi connectivity index (χ1) is 7.99. The number of benzene rings is 1. The van der Waals surface area contributed by atoms with Crippen LogP contribution in [-0.4, -0.2) is 12.6 Å². The summed E-state index contributed by atoms with van der Waals surface area (Å²) in [5.74, 6) is 1.06. The van der Waals surface area contributed by atoms with Crippen LogP contribution in [0.4, 0.5) is 0 Å². The van der Waals surface area contributed by atoms with Crippen molar-refractivity contribution in [1.82, 2.24) is 5.32 Å². The number of hydrogen-bond acceptors (Lipinski definition) is 2. The molecule has 0 aromatic heterocycles. The molecule has 2 rings (SSSR count). The summed E-state index contributed by atoms with van der Waals surface area (Å²) in [6, 6.07) is 4.85. The van der Waals surface area contributed by atoms with Crippen molar-refractivity contribution in [3.63, 3.8) is 0 Å². The van der Waals surface area contributed by atoms with Gasteiger partial charge in [-0.2, -0.15) is 0 Å². The molecule has 1 N–H and O–H groups in total. The first-order valence-corrected chi connectivity index (χ1v) is 6.46. The Bertz CT molecular complexity index is 427. The molecule has 2 nitrogen and oxygen atoms in total. The highest BCUT2D eigenvalue weighted by Crippen LogP contribution is 2.41. The van der Waals surface area contributed by atoms with Gasteiger partial charge in [-0.15, -0.1) is 0 Å². The van der Waals surface area contributed by atoms with Crippen LogP contribution in [0.15, 0.2) is 12.1 Å². The van der Waals surface area contributed by atoms with Gasteiger partial charge in [-0.25, -0.2) is 0 Å². The number of nitrogens with one attached hydrogen (secondary N) is 1. The second-order valence-electron chi connectivity index (χ2n) is 5.43. The monoisotopic (exact) mass is 233 g/mol. The average Bonchev–Trinajstić information content (AvgIpc) is 2.30. The fraction of sp³-hybridized carbons (Fsp3) is 0.600. The largest absolute Gasteiger partial charge is 0.487 e. The fourth-order valence-corrected chi connectivity index (χ4v) is 2.50. The molecule has 1 aliphatic heterocycles. The molecule has 0 aliphatic carbocycles. The molecule has 0 amide bonds. The van der Waals surface area contributed by atoms with E-state index in [2.05, 4.69) is 45.1 Å². The molecule has 0 fully saturated rings. The highest BCUT2D eigenvalue weighted by Gasteiger charge is 2.35. The number of ether oxygens (including phenoxy) is 1. The van der Waals surface area contributed by atoms with Gasteiger partial charge >= 0.3 is 0 Å². The summed E-state index contributed by atoms with van der Waals surface area (Å²) in [6.45, 7) is 8.70. The lowest BCUT2D eigenvalue weighted by molar-refractivity contribution is 0.0454. The lowest BCUT2D eigenvalue weighted by Gasteiger charge is -2.40. The molecule has 1 aliphatic rings. The Hall–Kier alpha value is -1.02. The quantitative estimate of drug-likeness (QED) is 0.844. The predicted octanol–water partition coefficient (Wildman–Crippen LogP) is 3.52. The second kappa shape index (κ2) is 4.34. The minimum absolute atomic E-state index is 0.0393. The summed E-state index contributed by atoms with van der Waals surface area (Å²) in [5, 5.41) is 3.42. The lowest BCUT2D eigenvalue weighted by Crippen LogP contribution is -2.40. The van der Waals surface area contributed by atoms with Crippen LogP contribution in [0, 0.1) is 13.8 Å². The maximum Gasteiger partial charge on any atom is 0.125 e. The smallest absolute Gasteiger partial charge is 0.125 e. The SMILES string of the molecule is CCC1(C)CC(NC)c2cc(C)c(C)cc2O1. The average molecular weight is 233 g/mol. The molecule has 17 heavy (non-hydrogen) atoms. The molecule has 0 saturated carbocycles. The van der Waals surface area contributed by atoms with Crippen LogP contribution in [0.5, 0.6) is 5.75 Å². The summed E-state index contributed by atoms with van der Waals surface area (Å²) >= 11 is 0. The Morgan fingerprint density at radius 2 is 2.00 bits per heavy atom. The summed E-state index contributed by atoms with van der Waals surface area (Å²) in [4.78, 5) is 0. The summed E-state index contributed by atoms with van der Waals surface area (Å²) in [7, 11) is 2.03. The van der Waals surface area contributed by atoms with Crippen LogP contribution >= 0.6 is 0 Å². The maximum absolute atomic E-state index is 6.20. The van der Waals surface area contributed by atoms with Crippen LogP contribution in [-0.2, 0) is 0 Å². The number of fused-ring (bicyclic) bond motifs is 1. The van der Waals surface area contributed by atoms with E-state index in [1.807, 2.05) is 7.05 Å². The zero-order valence-electron chi connectivity index (χ0n) is 11.6. The van der Waals surface area contributed by atoms with Gasteiger partial charge in [0.25, 0.3) is 0 Å². The van der Waals surface area contributed by atoms with Gasteiger partial charge in [0.15, 0.2) is 0 Å². The van der Waals surface area contributed by atoms with Gasteiger partial charge in [-0.3, -0.25) is 0 Å². The van der Waals surface area contributed by atoms with Crippen LogP contribution < -0.4 is 10.1 Å². The van der Waals surface area contributed by atoms with Crippen molar-refractivity contribution in [1.29, 1.82) is 0 Å². The number of rotatable bonds is 2. The van der Waals surface area contributed by atoms with E-state index in [9.17, 15) is 0 Å². The third-order valence-electron chi connectivity index (χ3n) is 4.09. The molecule has 1 heterocycles. The third-order valence-corrected chi connectivity index (χ3v) is 4.09. The second-order valence-corrected chi connectivity index (χ2v) is 5.43. The molecule has 2 atom stereocenters. The van der Waals surface area contributed by atoms with Crippen LogP contribution in [0.1, 0.15) is 49.4 Å². The highest BCUT2D eigenvalue weighted by atomic mass is 16.5. The molecule has 2 unspecified atom stereocenters. The van der Waals surface area contributed by atoms with Crippen molar-refractivity contribution >= 4 is 0 Å². The van der Waals surface area contributed by atoms with Gasteiger partial charge in [0.2, 0.25) is 0 Å². The summed E-state index contributed by atoms with van der Waals surface area (Å²) in [5.41, 5.74) is 3.91. The van der Waals surface area contributed by atoms with E-state index in [1.165, 1.54) is 16.7 Å². The molecule has 1 aromatic carbocycles. The van der Waals surface area contributed by atoms with E-state index < -0.39 is 0 Å². The van der Waals surface area contributed by atoms with Gasteiger partial charge in [0.1, 0.15) is 11.4 Å². The molecule has 0 saturated heterocycles. The van der Waals surface area contributed by atoms with E-state index >= 15 is 0 Å². The summed E-state index contributed by atoms with van der Waals surface area (Å²) in [6.07, 6.45) is 2.08. The predicted molar refractivity (Wildman–Crippen MR) is 71.7 cm³/mol. The van der Waals surface area contributed by atoms with Crippen LogP contribution in [0.3, 0.4) is 0 Å². The van der Waals surface area contributed by atoms with E-state index in [0.717, 1.165) is 18.6 Å². The molecule has 2 heteroatoms. The minimum Gasteiger partial charge on any atom is -0.487 e. The molecule has 0 radical (unpaired) electrons. The zero-order chi connectivity index (χ0) is 12.6. The Balaban J connectivity index is 2.48. The molecule has 0 bridgehead atoms. The first-order valence-electron chi connectivity index (χ1n) is 6.46. The third kappa shape index (κ3) is 2.19. The van der Waals surface area contributed by atoms with Crippen molar-refractivity contribution in [3.05, 3.63) is 28.8 Å². The molecule has 94 valence electrons. The minimum atomic E-state index is -0.0393. The maximum atomic E-state index is 6.20. The molecule has 1 aromatic rings. The van der Waals surface area contributed by atoms with Gasteiger partial charge in [-0.05, 0) is 51.4 Å². The van der Waals surface area contributed by atoms with Crippen LogP contribution in [0.2, 0.25) is 0 Å². The topological polar surface area (TPSA) is 21.3 Å². The van der Waals surface area contributed by atoms with E-state index in [-0.39, 0.29) is 5.60 Å². The fourth-order valence-electron chi connectivity index (χ4n) is 2.50. The van der Waals surface area contributed by atoms with Crippen molar-refractivity contribution in [3.8, 4) is 5.75 Å². The van der Waals surface area contributed by atoms with Crippen molar-refractivity contribution in [2.24, 2.45) is 0 Å². The molecular weight excluding hydrogens is 210 g/mol. The Labute approximate surface area is 104 Å². The summed E-state index contributed by atoms with van der Waals surface area (Å²) < 4.78 is 6.20. The lowest BCUT2D eigenvalue weighted by atomic mass is 9.85. The number of aryl methyl sites for hydroxylation is 2.